The number of benzene rings is 1. The van der Waals surface area contributed by atoms with Crippen molar-refractivity contribution in [3.05, 3.63) is 34.9 Å². The third-order valence-electron chi connectivity index (χ3n) is 3.12. The van der Waals surface area contributed by atoms with Crippen LogP contribution in [-0.2, 0) is 11.2 Å². The molecule has 1 aromatic carbocycles. The number of rotatable bonds is 2. The van der Waals surface area contributed by atoms with Crippen molar-refractivity contribution < 1.29 is 4.79 Å². The number of hydrogen-bond donors (Lipinski definition) is 1. The van der Waals surface area contributed by atoms with Gasteiger partial charge in [-0.25, -0.2) is 0 Å². The van der Waals surface area contributed by atoms with Gasteiger partial charge in [0.1, 0.15) is 0 Å². The van der Waals surface area contributed by atoms with Crippen molar-refractivity contribution in [3.63, 3.8) is 0 Å². The molecule has 1 fully saturated rings. The third kappa shape index (κ3) is 3.20. The van der Waals surface area contributed by atoms with Crippen molar-refractivity contribution in [1.82, 2.24) is 10.2 Å². The minimum atomic E-state index is 0.151. The highest BCUT2D eigenvalue weighted by Crippen LogP contribution is 2.15. The zero-order valence-electron chi connectivity index (χ0n) is 9.95. The summed E-state index contributed by atoms with van der Waals surface area (Å²) in [4.78, 5) is 13.5. The van der Waals surface area contributed by atoms with Crippen LogP contribution in [0.5, 0.6) is 0 Å². The third-order valence-corrected chi connectivity index (χ3v) is 3.35. The number of nitrogens with one attached hydrogen (secondary N) is 1. The Hall–Kier alpha value is -1.06. The molecule has 0 aliphatic carbocycles. The first-order valence-corrected chi connectivity index (χ1v) is 6.27. The lowest BCUT2D eigenvalue weighted by Gasteiger charge is -2.35. The maximum atomic E-state index is 11.5. The standard InChI is InChI=1S/C13H17ClN2O/c1-10(17)16-6-5-15-9-13(16)8-11-3-2-4-12(14)7-11/h2-4,7,13,15H,5-6,8-9H2,1H3. The molecule has 92 valence electrons. The second kappa shape index (κ2) is 5.52. The van der Waals surface area contributed by atoms with E-state index < -0.39 is 0 Å². The second-order valence-corrected chi connectivity index (χ2v) is 4.84. The minimum Gasteiger partial charge on any atom is -0.337 e. The summed E-state index contributed by atoms with van der Waals surface area (Å²) in [5.41, 5.74) is 1.18. The first kappa shape index (κ1) is 12.4. The summed E-state index contributed by atoms with van der Waals surface area (Å²) in [6, 6.07) is 8.08. The lowest BCUT2D eigenvalue weighted by molar-refractivity contribution is -0.131. The highest BCUT2D eigenvalue weighted by molar-refractivity contribution is 6.30. The van der Waals surface area contributed by atoms with Gasteiger partial charge in [0.2, 0.25) is 5.91 Å². The van der Waals surface area contributed by atoms with Crippen LogP contribution >= 0.6 is 11.6 Å². The molecule has 1 heterocycles. The first-order chi connectivity index (χ1) is 8.16. The largest absolute Gasteiger partial charge is 0.337 e. The zero-order chi connectivity index (χ0) is 12.3. The molecule has 0 aromatic heterocycles. The quantitative estimate of drug-likeness (QED) is 0.869. The van der Waals surface area contributed by atoms with Gasteiger partial charge in [0.25, 0.3) is 0 Å². The second-order valence-electron chi connectivity index (χ2n) is 4.40. The Labute approximate surface area is 107 Å². The number of halogens is 1. The highest BCUT2D eigenvalue weighted by Gasteiger charge is 2.24. The number of carbonyl (C=O) groups is 1. The van der Waals surface area contributed by atoms with Gasteiger partial charge in [-0.2, -0.15) is 0 Å². The average molecular weight is 253 g/mol. The molecule has 1 aliphatic heterocycles. The Morgan fingerprint density at radius 2 is 2.41 bits per heavy atom. The summed E-state index contributed by atoms with van der Waals surface area (Å²) in [5, 5.41) is 4.08. The molecule has 0 spiro atoms. The fourth-order valence-corrected chi connectivity index (χ4v) is 2.51. The van der Waals surface area contributed by atoms with Crippen molar-refractivity contribution in [1.29, 1.82) is 0 Å². The number of hydrogen-bond acceptors (Lipinski definition) is 2. The molecule has 1 aliphatic rings. The minimum absolute atomic E-state index is 0.151. The van der Waals surface area contributed by atoms with Crippen LogP contribution in [0.4, 0.5) is 0 Å². The van der Waals surface area contributed by atoms with Gasteiger partial charge in [0, 0.05) is 37.6 Å². The highest BCUT2D eigenvalue weighted by atomic mass is 35.5. The Morgan fingerprint density at radius 3 is 3.12 bits per heavy atom. The lowest BCUT2D eigenvalue weighted by atomic mass is 10.0. The van der Waals surface area contributed by atoms with Gasteiger partial charge >= 0.3 is 0 Å². The van der Waals surface area contributed by atoms with Crippen LogP contribution in [-0.4, -0.2) is 36.5 Å². The van der Waals surface area contributed by atoms with E-state index in [-0.39, 0.29) is 11.9 Å². The van der Waals surface area contributed by atoms with Crippen molar-refractivity contribution in [2.45, 2.75) is 19.4 Å². The van der Waals surface area contributed by atoms with E-state index >= 15 is 0 Å². The Morgan fingerprint density at radius 1 is 1.59 bits per heavy atom. The molecule has 1 amide bonds. The fraction of sp³-hybridized carbons (Fsp3) is 0.462. The molecule has 1 N–H and O–H groups in total. The molecule has 0 saturated carbocycles. The molecule has 2 rings (SSSR count). The van der Waals surface area contributed by atoms with Crippen molar-refractivity contribution in [3.8, 4) is 0 Å². The number of nitrogens with zero attached hydrogens (tertiary/aromatic N) is 1. The van der Waals surface area contributed by atoms with Gasteiger partial charge in [-0.3, -0.25) is 4.79 Å². The van der Waals surface area contributed by atoms with Crippen LogP contribution < -0.4 is 5.32 Å². The van der Waals surface area contributed by atoms with Gasteiger partial charge in [-0.05, 0) is 24.1 Å². The van der Waals surface area contributed by atoms with E-state index in [4.69, 9.17) is 11.6 Å². The number of carbonyl (C=O) groups excluding carboxylic acids is 1. The van der Waals surface area contributed by atoms with E-state index in [0.717, 1.165) is 31.1 Å². The molecule has 0 radical (unpaired) electrons. The Kier molecular flexibility index (Phi) is 4.02. The number of piperazine rings is 1. The van der Waals surface area contributed by atoms with Crippen molar-refractivity contribution in [2.24, 2.45) is 0 Å². The SMILES string of the molecule is CC(=O)N1CCNCC1Cc1cccc(Cl)c1. The van der Waals surface area contributed by atoms with Crippen LogP contribution in [0.15, 0.2) is 24.3 Å². The van der Waals surface area contributed by atoms with E-state index in [9.17, 15) is 4.79 Å². The van der Waals surface area contributed by atoms with Crippen LogP contribution in [0.3, 0.4) is 0 Å². The predicted octanol–water partition coefficient (Wildman–Crippen LogP) is 1.70. The maximum absolute atomic E-state index is 11.5. The predicted molar refractivity (Wildman–Crippen MR) is 69.2 cm³/mol. The smallest absolute Gasteiger partial charge is 0.219 e. The van der Waals surface area contributed by atoms with E-state index in [1.54, 1.807) is 6.92 Å². The van der Waals surface area contributed by atoms with Crippen molar-refractivity contribution >= 4 is 17.5 Å². The van der Waals surface area contributed by atoms with E-state index in [1.807, 2.05) is 23.1 Å². The summed E-state index contributed by atoms with van der Waals surface area (Å²) < 4.78 is 0. The normalized spacial score (nSPS) is 20.4. The molecule has 1 saturated heterocycles. The summed E-state index contributed by atoms with van der Waals surface area (Å²) in [7, 11) is 0. The van der Waals surface area contributed by atoms with Gasteiger partial charge in [0.15, 0.2) is 0 Å². The van der Waals surface area contributed by atoms with E-state index in [2.05, 4.69) is 11.4 Å². The van der Waals surface area contributed by atoms with Gasteiger partial charge in [0.05, 0.1) is 0 Å². The molecule has 17 heavy (non-hydrogen) atoms. The molecule has 3 nitrogen and oxygen atoms in total. The molecule has 1 atom stereocenters. The molecule has 0 bridgehead atoms. The fourth-order valence-electron chi connectivity index (χ4n) is 2.29. The zero-order valence-corrected chi connectivity index (χ0v) is 10.7. The van der Waals surface area contributed by atoms with Crippen molar-refractivity contribution in [2.75, 3.05) is 19.6 Å². The summed E-state index contributed by atoms with van der Waals surface area (Å²) in [5.74, 6) is 0.151. The first-order valence-electron chi connectivity index (χ1n) is 5.89. The molecular formula is C13H17ClN2O. The summed E-state index contributed by atoms with van der Waals surface area (Å²) in [6.07, 6.45) is 0.854. The summed E-state index contributed by atoms with van der Waals surface area (Å²) in [6.45, 7) is 4.16. The number of amides is 1. The topological polar surface area (TPSA) is 32.3 Å². The molecule has 4 heteroatoms. The van der Waals surface area contributed by atoms with Crippen LogP contribution in [0.1, 0.15) is 12.5 Å². The molecular weight excluding hydrogens is 236 g/mol. The summed E-state index contributed by atoms with van der Waals surface area (Å²) >= 11 is 5.97. The van der Waals surface area contributed by atoms with E-state index in [1.165, 1.54) is 5.56 Å². The van der Waals surface area contributed by atoms with Gasteiger partial charge in [-0.15, -0.1) is 0 Å². The maximum Gasteiger partial charge on any atom is 0.219 e. The van der Waals surface area contributed by atoms with Crippen LogP contribution in [0, 0.1) is 0 Å². The Balaban J connectivity index is 2.08. The monoisotopic (exact) mass is 252 g/mol. The van der Waals surface area contributed by atoms with E-state index in [0.29, 0.717) is 0 Å². The Bertz CT molecular complexity index is 408. The van der Waals surface area contributed by atoms with Gasteiger partial charge < -0.3 is 10.2 Å². The average Bonchev–Trinajstić information content (AvgIpc) is 2.29. The molecule has 1 aromatic rings. The lowest BCUT2D eigenvalue weighted by Crippen LogP contribution is -2.53. The molecule has 1 unspecified atom stereocenters. The van der Waals surface area contributed by atoms with Crippen LogP contribution in [0.25, 0.3) is 0 Å². The van der Waals surface area contributed by atoms with Crippen LogP contribution in [0.2, 0.25) is 5.02 Å². The van der Waals surface area contributed by atoms with Gasteiger partial charge in [-0.1, -0.05) is 23.7 Å².